The van der Waals surface area contributed by atoms with Crippen LogP contribution >= 0.6 is 0 Å². The molecule has 1 N–H and O–H groups in total. The molecular weight excluding hydrogens is 340 g/mol. The van der Waals surface area contributed by atoms with E-state index in [1.807, 2.05) is 54.6 Å². The Morgan fingerprint density at radius 1 is 1.04 bits per heavy atom. The number of carbonyl (C=O) groups is 2. The Hall–Kier alpha value is -3.08. The lowest BCUT2D eigenvalue weighted by atomic mass is 10.0. The fourth-order valence-electron chi connectivity index (χ4n) is 3.84. The lowest BCUT2D eigenvalue weighted by molar-refractivity contribution is -0.119. The summed E-state index contributed by atoms with van der Waals surface area (Å²) in [6, 6.07) is 15.5. The molecule has 2 heterocycles. The second kappa shape index (κ2) is 6.91. The molecule has 5 heteroatoms. The maximum atomic E-state index is 12.4. The summed E-state index contributed by atoms with van der Waals surface area (Å²) in [5, 5.41) is 3.01. The van der Waals surface area contributed by atoms with Crippen LogP contribution in [0, 0.1) is 0 Å². The zero-order chi connectivity index (χ0) is 18.9. The molecule has 2 aliphatic heterocycles. The summed E-state index contributed by atoms with van der Waals surface area (Å²) in [5.74, 6) is 0.799. The highest BCUT2D eigenvalue weighted by Crippen LogP contribution is 2.39. The molecule has 2 aromatic carbocycles. The molecule has 138 valence electrons. The van der Waals surface area contributed by atoms with Crippen LogP contribution in [-0.2, 0) is 16.2 Å². The highest BCUT2D eigenvalue weighted by atomic mass is 16.5. The normalized spacial score (nSPS) is 21.6. The van der Waals surface area contributed by atoms with E-state index in [2.05, 4.69) is 11.9 Å². The predicted octanol–water partition coefficient (Wildman–Crippen LogP) is 3.64. The zero-order valence-corrected chi connectivity index (χ0v) is 15.1. The standard InChI is InChI=1S/C22H22N2O3/c1-2-16-3-5-17(6-4-16)15-27-19-9-7-18(8-10-19)24-21(26)12-14-22(24)13-11-20(25)23-22/h2-10H,1,11-15H2,(H,23,25). The van der Waals surface area contributed by atoms with Gasteiger partial charge < -0.3 is 10.1 Å². The van der Waals surface area contributed by atoms with Crippen molar-refractivity contribution in [1.29, 1.82) is 0 Å². The third kappa shape index (κ3) is 3.33. The molecule has 0 aliphatic carbocycles. The molecule has 0 bridgehead atoms. The summed E-state index contributed by atoms with van der Waals surface area (Å²) < 4.78 is 5.85. The minimum Gasteiger partial charge on any atom is -0.489 e. The molecule has 1 spiro atoms. The van der Waals surface area contributed by atoms with Gasteiger partial charge in [-0.2, -0.15) is 0 Å². The molecule has 0 saturated carbocycles. The van der Waals surface area contributed by atoms with Crippen molar-refractivity contribution in [3.63, 3.8) is 0 Å². The van der Waals surface area contributed by atoms with Gasteiger partial charge in [-0.3, -0.25) is 14.5 Å². The first-order valence-corrected chi connectivity index (χ1v) is 9.18. The first-order valence-electron chi connectivity index (χ1n) is 9.18. The number of carbonyl (C=O) groups excluding carboxylic acids is 2. The summed E-state index contributed by atoms with van der Waals surface area (Å²) in [4.78, 5) is 25.9. The molecule has 4 rings (SSSR count). The molecule has 1 atom stereocenters. The van der Waals surface area contributed by atoms with E-state index in [1.54, 1.807) is 4.90 Å². The quantitative estimate of drug-likeness (QED) is 0.883. The molecule has 2 aromatic rings. The number of amides is 2. The third-order valence-corrected chi connectivity index (χ3v) is 5.28. The van der Waals surface area contributed by atoms with Gasteiger partial charge in [0.1, 0.15) is 18.0 Å². The van der Waals surface area contributed by atoms with Crippen molar-refractivity contribution in [2.24, 2.45) is 0 Å². The van der Waals surface area contributed by atoms with Crippen molar-refractivity contribution < 1.29 is 14.3 Å². The van der Waals surface area contributed by atoms with Crippen molar-refractivity contribution in [2.45, 2.75) is 38.0 Å². The molecular formula is C22H22N2O3. The summed E-state index contributed by atoms with van der Waals surface area (Å²) in [5.41, 5.74) is 2.39. The maximum absolute atomic E-state index is 12.4. The highest BCUT2D eigenvalue weighted by molar-refractivity contribution is 5.99. The van der Waals surface area contributed by atoms with Crippen LogP contribution in [0.4, 0.5) is 5.69 Å². The molecule has 2 fully saturated rings. The highest BCUT2D eigenvalue weighted by Gasteiger charge is 2.50. The van der Waals surface area contributed by atoms with Crippen LogP contribution in [0.15, 0.2) is 55.1 Å². The zero-order valence-electron chi connectivity index (χ0n) is 15.1. The van der Waals surface area contributed by atoms with Crippen molar-refractivity contribution in [3.8, 4) is 5.75 Å². The molecule has 5 nitrogen and oxygen atoms in total. The fourth-order valence-corrected chi connectivity index (χ4v) is 3.84. The first kappa shape index (κ1) is 17.3. The lowest BCUT2D eigenvalue weighted by Crippen LogP contribution is -2.54. The second-order valence-electron chi connectivity index (χ2n) is 7.04. The predicted molar refractivity (Wildman–Crippen MR) is 104 cm³/mol. The number of hydrogen-bond acceptors (Lipinski definition) is 3. The topological polar surface area (TPSA) is 58.6 Å². The Bertz CT molecular complexity index is 869. The van der Waals surface area contributed by atoms with E-state index in [9.17, 15) is 9.59 Å². The number of benzene rings is 2. The average molecular weight is 362 g/mol. The van der Waals surface area contributed by atoms with Crippen LogP contribution < -0.4 is 15.0 Å². The van der Waals surface area contributed by atoms with Crippen molar-refractivity contribution >= 4 is 23.6 Å². The van der Waals surface area contributed by atoms with Gasteiger partial charge in [-0.1, -0.05) is 36.9 Å². The Morgan fingerprint density at radius 3 is 2.37 bits per heavy atom. The van der Waals surface area contributed by atoms with Crippen LogP contribution in [0.5, 0.6) is 5.75 Å². The Balaban J connectivity index is 1.46. The Morgan fingerprint density at radius 2 is 1.74 bits per heavy atom. The monoisotopic (exact) mass is 362 g/mol. The van der Waals surface area contributed by atoms with E-state index >= 15 is 0 Å². The first-order chi connectivity index (χ1) is 13.1. The lowest BCUT2D eigenvalue weighted by Gasteiger charge is -2.35. The van der Waals surface area contributed by atoms with Gasteiger partial charge in [0.05, 0.1) is 0 Å². The van der Waals surface area contributed by atoms with E-state index in [-0.39, 0.29) is 11.8 Å². The average Bonchev–Trinajstić information content (AvgIpc) is 3.23. The van der Waals surface area contributed by atoms with E-state index in [1.165, 1.54) is 0 Å². The van der Waals surface area contributed by atoms with Gasteiger partial charge in [0.15, 0.2) is 0 Å². The maximum Gasteiger partial charge on any atom is 0.229 e. The van der Waals surface area contributed by atoms with Gasteiger partial charge in [0.25, 0.3) is 0 Å². The molecule has 1 unspecified atom stereocenters. The molecule has 2 amide bonds. The molecule has 2 saturated heterocycles. The van der Waals surface area contributed by atoms with E-state index < -0.39 is 5.66 Å². The van der Waals surface area contributed by atoms with Crippen LogP contribution in [0.1, 0.15) is 36.8 Å². The Labute approximate surface area is 158 Å². The van der Waals surface area contributed by atoms with Crippen LogP contribution in [0.2, 0.25) is 0 Å². The van der Waals surface area contributed by atoms with E-state index in [4.69, 9.17) is 4.74 Å². The Kier molecular flexibility index (Phi) is 4.44. The number of hydrogen-bond donors (Lipinski definition) is 1. The number of nitrogens with zero attached hydrogens (tertiary/aromatic N) is 1. The van der Waals surface area contributed by atoms with Crippen LogP contribution in [0.25, 0.3) is 6.08 Å². The molecule has 0 aromatic heterocycles. The SMILES string of the molecule is C=Cc1ccc(COc2ccc(N3C(=O)CCC34CCC(=O)N4)cc2)cc1. The minimum absolute atomic E-state index is 0.0112. The van der Waals surface area contributed by atoms with E-state index in [0.29, 0.717) is 32.3 Å². The van der Waals surface area contributed by atoms with Crippen LogP contribution in [-0.4, -0.2) is 17.5 Å². The minimum atomic E-state index is -0.552. The van der Waals surface area contributed by atoms with Gasteiger partial charge in [0, 0.05) is 18.5 Å². The van der Waals surface area contributed by atoms with Crippen molar-refractivity contribution in [2.75, 3.05) is 4.90 Å². The van der Waals surface area contributed by atoms with E-state index in [0.717, 1.165) is 22.6 Å². The third-order valence-electron chi connectivity index (χ3n) is 5.28. The van der Waals surface area contributed by atoms with Gasteiger partial charge in [-0.25, -0.2) is 0 Å². The molecule has 2 aliphatic rings. The fraction of sp³-hybridized carbons (Fsp3) is 0.273. The van der Waals surface area contributed by atoms with Crippen molar-refractivity contribution in [3.05, 3.63) is 66.2 Å². The van der Waals surface area contributed by atoms with Crippen molar-refractivity contribution in [1.82, 2.24) is 5.32 Å². The largest absolute Gasteiger partial charge is 0.489 e. The summed E-state index contributed by atoms with van der Waals surface area (Å²) >= 11 is 0. The number of ether oxygens (including phenoxy) is 1. The van der Waals surface area contributed by atoms with Gasteiger partial charge >= 0.3 is 0 Å². The smallest absolute Gasteiger partial charge is 0.229 e. The number of rotatable bonds is 5. The summed E-state index contributed by atoms with van der Waals surface area (Å²) in [6.07, 6.45) is 4.06. The second-order valence-corrected chi connectivity index (χ2v) is 7.04. The number of anilines is 1. The molecule has 27 heavy (non-hydrogen) atoms. The summed E-state index contributed by atoms with van der Waals surface area (Å²) in [6.45, 7) is 4.22. The van der Waals surface area contributed by atoms with Gasteiger partial charge in [-0.05, 0) is 48.2 Å². The number of nitrogens with one attached hydrogen (secondary N) is 1. The summed E-state index contributed by atoms with van der Waals surface area (Å²) in [7, 11) is 0. The van der Waals surface area contributed by atoms with Gasteiger partial charge in [-0.15, -0.1) is 0 Å². The van der Waals surface area contributed by atoms with Crippen LogP contribution in [0.3, 0.4) is 0 Å². The van der Waals surface area contributed by atoms with Gasteiger partial charge in [0.2, 0.25) is 11.8 Å². The molecule has 0 radical (unpaired) electrons.